The second-order valence-electron chi connectivity index (χ2n) is 8.24. The third-order valence-electron chi connectivity index (χ3n) is 5.97. The Morgan fingerprint density at radius 1 is 1.06 bits per heavy atom. The Hall–Kier alpha value is -3.61. The van der Waals surface area contributed by atoms with Crippen LogP contribution in [0.3, 0.4) is 0 Å². The lowest BCUT2D eigenvalue weighted by Gasteiger charge is -2.35. The molecule has 0 bridgehead atoms. The molecule has 1 aliphatic rings. The van der Waals surface area contributed by atoms with Crippen molar-refractivity contribution in [3.63, 3.8) is 0 Å². The maximum atomic E-state index is 13.1. The average Bonchev–Trinajstić information content (AvgIpc) is 2.89. The normalized spacial score (nSPS) is 14.6. The first kappa shape index (κ1) is 25.5. The number of aryl methyl sites for hydroxylation is 1. The van der Waals surface area contributed by atoms with Gasteiger partial charge in [-0.15, -0.1) is 12.6 Å². The largest absolute Gasteiger partial charge is 0.335 e. The molecule has 12 heteroatoms. The van der Waals surface area contributed by atoms with Crippen LogP contribution >= 0.6 is 12.6 Å². The van der Waals surface area contributed by atoms with E-state index in [0.717, 1.165) is 5.39 Å². The Bertz CT molecular complexity index is 1440. The first-order valence-corrected chi connectivity index (χ1v) is 13.1. The molecule has 0 spiro atoms. The number of amides is 2. The fourth-order valence-electron chi connectivity index (χ4n) is 4.02. The SMILES string of the molecule is Cc1cc(C(=O)N2CCN(C(=O)/C(=C/S)NN)CC2)ccc1NS(=O)(=O)c1cccc2cccnc12. The smallest absolute Gasteiger partial charge is 0.271 e. The molecule has 1 fully saturated rings. The van der Waals surface area contributed by atoms with E-state index in [4.69, 9.17) is 5.84 Å². The van der Waals surface area contributed by atoms with Gasteiger partial charge in [0.05, 0.1) is 11.2 Å². The lowest BCUT2D eigenvalue weighted by atomic mass is 10.1. The summed E-state index contributed by atoms with van der Waals surface area (Å²) >= 11 is 3.97. The van der Waals surface area contributed by atoms with Gasteiger partial charge in [0.2, 0.25) is 0 Å². The van der Waals surface area contributed by atoms with Gasteiger partial charge < -0.3 is 15.2 Å². The predicted octanol–water partition coefficient (Wildman–Crippen LogP) is 1.86. The summed E-state index contributed by atoms with van der Waals surface area (Å²) in [5.41, 5.74) is 4.28. The van der Waals surface area contributed by atoms with Gasteiger partial charge in [-0.25, -0.2) is 8.42 Å². The fourth-order valence-corrected chi connectivity index (χ4v) is 5.52. The Morgan fingerprint density at radius 2 is 1.75 bits per heavy atom. The molecule has 3 aromatic rings. The minimum atomic E-state index is -3.91. The highest BCUT2D eigenvalue weighted by atomic mass is 32.2. The summed E-state index contributed by atoms with van der Waals surface area (Å²) < 4.78 is 28.9. The number of hydrogen-bond donors (Lipinski definition) is 4. The van der Waals surface area contributed by atoms with Crippen molar-refractivity contribution in [1.29, 1.82) is 0 Å². The molecule has 2 aromatic carbocycles. The molecule has 1 saturated heterocycles. The van der Waals surface area contributed by atoms with E-state index in [0.29, 0.717) is 48.5 Å². The van der Waals surface area contributed by atoms with E-state index in [1.807, 2.05) is 0 Å². The Balaban J connectivity index is 1.47. The number of anilines is 1. The molecule has 1 aromatic heterocycles. The second kappa shape index (κ2) is 10.6. The molecule has 0 radical (unpaired) electrons. The number of hydrazine groups is 1. The third-order valence-corrected chi connectivity index (χ3v) is 7.63. The molecule has 36 heavy (non-hydrogen) atoms. The summed E-state index contributed by atoms with van der Waals surface area (Å²) in [6.45, 7) is 3.16. The van der Waals surface area contributed by atoms with Crippen LogP contribution in [-0.4, -0.2) is 61.2 Å². The van der Waals surface area contributed by atoms with Gasteiger partial charge in [0.15, 0.2) is 0 Å². The maximum absolute atomic E-state index is 13.1. The van der Waals surface area contributed by atoms with Crippen LogP contribution in [0.5, 0.6) is 0 Å². The van der Waals surface area contributed by atoms with Crippen LogP contribution in [0, 0.1) is 6.92 Å². The summed E-state index contributed by atoms with van der Waals surface area (Å²) in [7, 11) is -3.91. The zero-order chi connectivity index (χ0) is 25.9. The van der Waals surface area contributed by atoms with Gasteiger partial charge >= 0.3 is 0 Å². The van der Waals surface area contributed by atoms with Crippen molar-refractivity contribution in [2.24, 2.45) is 5.84 Å². The number of carbonyl (C=O) groups excluding carboxylic acids is 2. The molecule has 4 N–H and O–H groups in total. The summed E-state index contributed by atoms with van der Waals surface area (Å²) in [4.78, 5) is 33.0. The van der Waals surface area contributed by atoms with Crippen molar-refractivity contribution in [2.45, 2.75) is 11.8 Å². The van der Waals surface area contributed by atoms with Crippen LogP contribution in [-0.2, 0) is 14.8 Å². The maximum Gasteiger partial charge on any atom is 0.271 e. The summed E-state index contributed by atoms with van der Waals surface area (Å²) in [6, 6.07) is 13.3. The van der Waals surface area contributed by atoms with E-state index in [1.54, 1.807) is 65.4 Å². The Kier molecular flexibility index (Phi) is 7.48. The number of rotatable bonds is 6. The number of para-hydroxylation sites is 1. The molecule has 4 rings (SSSR count). The predicted molar refractivity (Wildman–Crippen MR) is 141 cm³/mol. The summed E-state index contributed by atoms with van der Waals surface area (Å²) in [5, 5.41) is 2.02. The molecule has 2 heterocycles. The first-order chi connectivity index (χ1) is 17.2. The molecule has 0 unspecified atom stereocenters. The standard InChI is InChI=1S/C24H26N6O4S2/c1-16-14-18(23(31)29-10-12-30(13-11-29)24(32)20(15-35)27-25)7-8-19(16)28-36(33,34)21-6-2-4-17-5-3-9-26-22(17)21/h2-9,14-15,27-28,35H,10-13,25H2,1H3/b20-15-. The van der Waals surface area contributed by atoms with Gasteiger partial charge in [0, 0.05) is 43.3 Å². The second-order valence-corrected chi connectivity index (χ2v) is 10.1. The number of piperazine rings is 1. The van der Waals surface area contributed by atoms with Crippen molar-refractivity contribution in [3.05, 3.63) is 77.0 Å². The highest BCUT2D eigenvalue weighted by Crippen LogP contribution is 2.25. The van der Waals surface area contributed by atoms with Crippen molar-refractivity contribution in [1.82, 2.24) is 20.2 Å². The first-order valence-electron chi connectivity index (χ1n) is 11.1. The van der Waals surface area contributed by atoms with Crippen LogP contribution in [0.15, 0.2) is 70.7 Å². The number of hydrogen-bond acceptors (Lipinski definition) is 8. The topological polar surface area (TPSA) is 138 Å². The van der Waals surface area contributed by atoms with Gasteiger partial charge in [0.25, 0.3) is 21.8 Å². The molecular formula is C24H26N6O4S2. The van der Waals surface area contributed by atoms with E-state index in [9.17, 15) is 18.0 Å². The summed E-state index contributed by atoms with van der Waals surface area (Å²) in [5.74, 6) is 4.86. The molecular weight excluding hydrogens is 500 g/mol. The number of aromatic nitrogens is 1. The lowest BCUT2D eigenvalue weighted by molar-refractivity contribution is -0.129. The van der Waals surface area contributed by atoms with Gasteiger partial charge in [-0.3, -0.25) is 25.1 Å². The van der Waals surface area contributed by atoms with E-state index in [2.05, 4.69) is 27.8 Å². The van der Waals surface area contributed by atoms with Gasteiger partial charge in [-0.1, -0.05) is 18.2 Å². The van der Waals surface area contributed by atoms with E-state index in [1.165, 1.54) is 11.5 Å². The number of pyridine rings is 1. The number of sulfonamides is 1. The fraction of sp³-hybridized carbons (Fsp3) is 0.208. The molecule has 1 aliphatic heterocycles. The highest BCUT2D eigenvalue weighted by Gasteiger charge is 2.27. The van der Waals surface area contributed by atoms with Crippen LogP contribution in [0.4, 0.5) is 5.69 Å². The van der Waals surface area contributed by atoms with Crippen molar-refractivity contribution in [3.8, 4) is 0 Å². The third kappa shape index (κ3) is 5.15. The number of nitrogens with one attached hydrogen (secondary N) is 2. The molecule has 2 amide bonds. The Labute approximate surface area is 214 Å². The zero-order valence-corrected chi connectivity index (χ0v) is 21.2. The van der Waals surface area contributed by atoms with Crippen molar-refractivity contribution in [2.75, 3.05) is 30.9 Å². The van der Waals surface area contributed by atoms with E-state index in [-0.39, 0.29) is 22.4 Å². The molecule has 0 aliphatic carbocycles. The van der Waals surface area contributed by atoms with E-state index >= 15 is 0 Å². The minimum Gasteiger partial charge on any atom is -0.335 e. The number of nitrogens with zero attached hydrogens (tertiary/aromatic N) is 3. The van der Waals surface area contributed by atoms with Crippen LogP contribution < -0.4 is 16.0 Å². The van der Waals surface area contributed by atoms with Gasteiger partial charge in [-0.05, 0) is 48.2 Å². The zero-order valence-electron chi connectivity index (χ0n) is 19.5. The van der Waals surface area contributed by atoms with Gasteiger partial charge in [-0.2, -0.15) is 0 Å². The van der Waals surface area contributed by atoms with Crippen molar-refractivity contribution < 1.29 is 18.0 Å². The monoisotopic (exact) mass is 526 g/mol. The Morgan fingerprint density at radius 3 is 2.42 bits per heavy atom. The van der Waals surface area contributed by atoms with Crippen LogP contribution in [0.25, 0.3) is 10.9 Å². The average molecular weight is 527 g/mol. The molecule has 10 nitrogen and oxygen atoms in total. The molecule has 0 saturated carbocycles. The summed E-state index contributed by atoms with van der Waals surface area (Å²) in [6.07, 6.45) is 1.55. The number of benzene rings is 2. The van der Waals surface area contributed by atoms with Crippen molar-refractivity contribution >= 4 is 51.1 Å². The highest BCUT2D eigenvalue weighted by molar-refractivity contribution is 7.93. The lowest BCUT2D eigenvalue weighted by Crippen LogP contribution is -2.52. The number of nitrogens with two attached hydrogens (primary N) is 1. The number of thiol groups is 1. The number of carbonyl (C=O) groups is 2. The minimum absolute atomic E-state index is 0.0772. The molecule has 188 valence electrons. The molecule has 0 atom stereocenters. The quantitative estimate of drug-likeness (QED) is 0.167. The van der Waals surface area contributed by atoms with E-state index < -0.39 is 10.0 Å². The van der Waals surface area contributed by atoms with Crippen LogP contribution in [0.2, 0.25) is 0 Å². The van der Waals surface area contributed by atoms with Crippen LogP contribution in [0.1, 0.15) is 15.9 Å². The number of fused-ring (bicyclic) bond motifs is 1. The van der Waals surface area contributed by atoms with Gasteiger partial charge in [0.1, 0.15) is 10.6 Å².